The highest BCUT2D eigenvalue weighted by Gasteiger charge is 2.49. The molecule has 1 aliphatic rings. The number of hydrogen-bond acceptors (Lipinski definition) is 10. The quantitative estimate of drug-likeness (QED) is 0.110. The van der Waals surface area contributed by atoms with Crippen LogP contribution in [0.25, 0.3) is 0 Å². The molecule has 1 aliphatic heterocycles. The van der Waals surface area contributed by atoms with E-state index in [1.807, 2.05) is 121 Å². The van der Waals surface area contributed by atoms with Crippen LogP contribution in [0.4, 0.5) is 4.79 Å². The summed E-state index contributed by atoms with van der Waals surface area (Å²) in [7, 11) is 1.23. The van der Waals surface area contributed by atoms with Gasteiger partial charge in [-0.1, -0.05) is 121 Å². The van der Waals surface area contributed by atoms with Crippen LogP contribution in [-0.4, -0.2) is 74.7 Å². The van der Waals surface area contributed by atoms with E-state index in [1.54, 1.807) is 20.8 Å². The maximum atomic E-state index is 12.9. The molecule has 0 radical (unpaired) electrons. The summed E-state index contributed by atoms with van der Waals surface area (Å²) in [5, 5.41) is 2.57. The predicted molar refractivity (Wildman–Crippen MR) is 201 cm³/mol. The van der Waals surface area contributed by atoms with Crippen molar-refractivity contribution in [1.82, 2.24) is 5.32 Å². The third-order valence-corrected chi connectivity index (χ3v) is 8.44. The first kappa shape index (κ1) is 40.6. The lowest BCUT2D eigenvalue weighted by Gasteiger charge is -2.46. The van der Waals surface area contributed by atoms with Gasteiger partial charge in [-0.2, -0.15) is 0 Å². The summed E-state index contributed by atoms with van der Waals surface area (Å²) in [6.07, 6.45) is -4.87. The average Bonchev–Trinajstić information content (AvgIpc) is 3.18. The zero-order chi connectivity index (χ0) is 38.2. The van der Waals surface area contributed by atoms with Gasteiger partial charge in [-0.15, -0.1) is 0 Å². The van der Waals surface area contributed by atoms with Crippen molar-refractivity contribution in [3.63, 3.8) is 0 Å². The van der Waals surface area contributed by atoms with Crippen LogP contribution < -0.4 is 5.32 Å². The Morgan fingerprint density at radius 2 is 1.07 bits per heavy atom. The van der Waals surface area contributed by atoms with Gasteiger partial charge in [-0.25, -0.2) is 9.59 Å². The van der Waals surface area contributed by atoms with E-state index in [4.69, 9.17) is 37.9 Å². The van der Waals surface area contributed by atoms with E-state index < -0.39 is 54.4 Å². The first-order valence-electron chi connectivity index (χ1n) is 18.1. The van der Waals surface area contributed by atoms with Gasteiger partial charge >= 0.3 is 12.1 Å². The Morgan fingerprint density at radius 3 is 1.54 bits per heavy atom. The number of carbonyl (C=O) groups is 2. The molecule has 11 heteroatoms. The lowest BCUT2D eigenvalue weighted by atomic mass is 9.97. The Kier molecular flexibility index (Phi) is 15.6. The van der Waals surface area contributed by atoms with E-state index in [9.17, 15) is 9.59 Å². The lowest BCUT2D eigenvalue weighted by molar-refractivity contribution is -0.329. The second kappa shape index (κ2) is 20.7. The summed E-state index contributed by atoms with van der Waals surface area (Å²) < 4.78 is 49.8. The van der Waals surface area contributed by atoms with Crippen LogP contribution in [0.3, 0.4) is 0 Å². The van der Waals surface area contributed by atoms with E-state index in [2.05, 4.69) is 5.32 Å². The molecule has 1 N–H and O–H groups in total. The van der Waals surface area contributed by atoms with Crippen molar-refractivity contribution in [1.29, 1.82) is 0 Å². The first-order valence-corrected chi connectivity index (χ1v) is 18.1. The maximum absolute atomic E-state index is 12.9. The fraction of sp³-hybridized carbons (Fsp3) is 0.395. The molecular weight excluding hydrogens is 690 g/mol. The topological polar surface area (TPSA) is 120 Å². The molecule has 1 heterocycles. The molecule has 1 fully saturated rings. The van der Waals surface area contributed by atoms with Gasteiger partial charge in [0.15, 0.2) is 12.3 Å². The Morgan fingerprint density at radius 1 is 0.630 bits per heavy atom. The van der Waals surface area contributed by atoms with Gasteiger partial charge in [0.2, 0.25) is 0 Å². The van der Waals surface area contributed by atoms with Crippen molar-refractivity contribution in [3.05, 3.63) is 144 Å². The van der Waals surface area contributed by atoms with Crippen molar-refractivity contribution in [2.45, 2.75) is 89.5 Å². The highest BCUT2D eigenvalue weighted by atomic mass is 16.7. The highest BCUT2D eigenvalue weighted by Crippen LogP contribution is 2.32. The summed E-state index contributed by atoms with van der Waals surface area (Å²) >= 11 is 0. The third kappa shape index (κ3) is 13.0. The Labute approximate surface area is 317 Å². The van der Waals surface area contributed by atoms with Crippen LogP contribution in [0.2, 0.25) is 0 Å². The molecule has 11 nitrogen and oxygen atoms in total. The van der Waals surface area contributed by atoms with Gasteiger partial charge in [-0.05, 0) is 43.0 Å². The smallest absolute Gasteiger partial charge is 0.408 e. The highest BCUT2D eigenvalue weighted by molar-refractivity contribution is 5.81. The summed E-state index contributed by atoms with van der Waals surface area (Å²) in [5.74, 6) is -0.720. The average molecular weight is 742 g/mol. The fourth-order valence-corrected chi connectivity index (χ4v) is 5.83. The zero-order valence-corrected chi connectivity index (χ0v) is 31.3. The van der Waals surface area contributed by atoms with Crippen molar-refractivity contribution in [2.75, 3.05) is 20.3 Å². The van der Waals surface area contributed by atoms with E-state index in [0.29, 0.717) is 6.61 Å². The molecule has 5 rings (SSSR count). The first-order chi connectivity index (χ1) is 26.2. The number of hydrogen-bond donors (Lipinski definition) is 1. The normalized spacial score (nSPS) is 20.5. The minimum Gasteiger partial charge on any atom is -0.467 e. The SMILES string of the molecule is COC(=O)[C@H](CO[C@H]1O[C@H](COCc2ccccc2)[C@H](OCc2ccccc2)[C@H](OCc2ccccc2)[C@H]1OCc1ccccc1)NC(=O)OC(C)(C)C. The van der Waals surface area contributed by atoms with Gasteiger partial charge in [0.1, 0.15) is 30.0 Å². The third-order valence-electron chi connectivity index (χ3n) is 8.44. The van der Waals surface area contributed by atoms with Gasteiger partial charge < -0.3 is 43.2 Å². The van der Waals surface area contributed by atoms with E-state index in [-0.39, 0.29) is 33.0 Å². The fourth-order valence-electron chi connectivity index (χ4n) is 5.83. The molecule has 0 saturated carbocycles. The summed E-state index contributed by atoms with van der Waals surface area (Å²) in [5.41, 5.74) is 3.05. The second-order valence-corrected chi connectivity index (χ2v) is 13.9. The molecular formula is C43H51NO10. The molecule has 0 spiro atoms. The van der Waals surface area contributed by atoms with Crippen LogP contribution in [0, 0.1) is 0 Å². The van der Waals surface area contributed by atoms with Crippen molar-refractivity contribution in [3.8, 4) is 0 Å². The molecule has 0 bridgehead atoms. The molecule has 6 atom stereocenters. The minimum atomic E-state index is -1.22. The number of esters is 1. The summed E-state index contributed by atoms with van der Waals surface area (Å²) in [6.45, 7) is 6.06. The van der Waals surface area contributed by atoms with Crippen LogP contribution >= 0.6 is 0 Å². The monoisotopic (exact) mass is 741 g/mol. The van der Waals surface area contributed by atoms with Crippen molar-refractivity contribution in [2.24, 2.45) is 0 Å². The molecule has 1 saturated heterocycles. The molecule has 0 unspecified atom stereocenters. The Balaban J connectivity index is 1.46. The van der Waals surface area contributed by atoms with Gasteiger partial charge in [0.25, 0.3) is 0 Å². The van der Waals surface area contributed by atoms with Crippen molar-refractivity contribution >= 4 is 12.1 Å². The molecule has 4 aromatic rings. The Bertz CT molecular complexity index is 1670. The lowest BCUT2D eigenvalue weighted by Crippen LogP contribution is -2.62. The van der Waals surface area contributed by atoms with E-state index in [1.165, 1.54) is 7.11 Å². The van der Waals surface area contributed by atoms with Crippen LogP contribution in [0.1, 0.15) is 43.0 Å². The molecule has 0 aromatic heterocycles. The molecule has 54 heavy (non-hydrogen) atoms. The van der Waals surface area contributed by atoms with Crippen LogP contribution in [-0.2, 0) is 69.1 Å². The number of benzene rings is 4. The van der Waals surface area contributed by atoms with Crippen molar-refractivity contribution < 1.29 is 47.5 Å². The van der Waals surface area contributed by atoms with Crippen LogP contribution in [0.15, 0.2) is 121 Å². The summed E-state index contributed by atoms with van der Waals surface area (Å²) in [6, 6.07) is 38.0. The number of methoxy groups -OCH3 is 1. The van der Waals surface area contributed by atoms with Gasteiger partial charge in [-0.3, -0.25) is 0 Å². The minimum absolute atomic E-state index is 0.126. The van der Waals surface area contributed by atoms with Gasteiger partial charge in [0.05, 0.1) is 46.8 Å². The number of alkyl carbamates (subject to hydrolysis) is 1. The molecule has 0 aliphatic carbocycles. The van der Waals surface area contributed by atoms with Gasteiger partial charge in [0, 0.05) is 0 Å². The molecule has 4 aromatic carbocycles. The number of amides is 1. The Hall–Kier alpha value is -4.62. The zero-order valence-electron chi connectivity index (χ0n) is 31.3. The number of ether oxygens (including phenoxy) is 8. The number of rotatable bonds is 18. The van der Waals surface area contributed by atoms with E-state index >= 15 is 0 Å². The molecule has 1 amide bonds. The standard InChI is InChI=1S/C43H51NO10/c1-43(2,3)54-42(46)44-35(40(45)47-4)29-52-41-39(51-28-34-23-15-8-16-24-34)38(50-27-33-21-13-7-14-22-33)37(49-26-32-19-11-6-12-20-32)36(53-41)30-48-25-31-17-9-5-10-18-31/h5-24,35-39,41H,25-30H2,1-4H3,(H,44,46)/t35-,36+,37-,38-,39+,41-/m0/s1. The molecule has 288 valence electrons. The maximum Gasteiger partial charge on any atom is 0.408 e. The predicted octanol–water partition coefficient (Wildman–Crippen LogP) is 6.77. The summed E-state index contributed by atoms with van der Waals surface area (Å²) in [4.78, 5) is 25.7. The second-order valence-electron chi connectivity index (χ2n) is 13.9. The largest absolute Gasteiger partial charge is 0.467 e. The number of carbonyl (C=O) groups excluding carboxylic acids is 2. The van der Waals surface area contributed by atoms with Crippen LogP contribution in [0.5, 0.6) is 0 Å². The van der Waals surface area contributed by atoms with E-state index in [0.717, 1.165) is 22.3 Å². The number of nitrogens with one attached hydrogen (secondary N) is 1.